The number of ether oxygens (including phenoxy) is 1. The van der Waals surface area contributed by atoms with Crippen LogP contribution < -0.4 is 14.8 Å². The van der Waals surface area contributed by atoms with Gasteiger partial charge in [-0.25, -0.2) is 22.5 Å². The number of hydrogen-bond donors (Lipinski definition) is 2. The zero-order valence-corrected chi connectivity index (χ0v) is 18.1. The van der Waals surface area contributed by atoms with Crippen LogP contribution in [-0.4, -0.2) is 19.4 Å². The predicted octanol–water partition coefficient (Wildman–Crippen LogP) is 3.67. The minimum Gasteiger partial charge on any atom is -0.451 e. The number of hydrogen-bond acceptors (Lipinski definition) is 7. The first-order valence-electron chi connectivity index (χ1n) is 9.21. The number of rotatable bonds is 4. The van der Waals surface area contributed by atoms with Gasteiger partial charge in [0.15, 0.2) is 17.3 Å². The molecular weight excluding hydrogens is 471 g/mol. The monoisotopic (exact) mass is 482 g/mol. The van der Waals surface area contributed by atoms with E-state index >= 15 is 0 Å². The molecule has 4 rings (SSSR count). The Labute approximate surface area is 192 Å². The van der Waals surface area contributed by atoms with Gasteiger partial charge >= 0.3 is 0 Å². The minimum atomic E-state index is -4.30. The number of para-hydroxylation sites is 1. The van der Waals surface area contributed by atoms with Crippen molar-refractivity contribution in [1.29, 1.82) is 10.5 Å². The molecular formula is C21H12ClFN6O3S. The van der Waals surface area contributed by atoms with Gasteiger partial charge in [0.2, 0.25) is 5.96 Å². The maximum atomic E-state index is 14.2. The summed E-state index contributed by atoms with van der Waals surface area (Å²) in [5, 5.41) is 22.1. The topological polar surface area (TPSA) is 140 Å². The zero-order valence-electron chi connectivity index (χ0n) is 16.5. The van der Waals surface area contributed by atoms with Gasteiger partial charge in [0.1, 0.15) is 22.7 Å². The molecule has 2 N–H and O–H groups in total. The third-order valence-electron chi connectivity index (χ3n) is 4.49. The molecule has 164 valence electrons. The summed E-state index contributed by atoms with van der Waals surface area (Å²) in [5.74, 6) is -1.46. The Hall–Kier alpha value is -4.19. The average molecular weight is 483 g/mol. The first-order chi connectivity index (χ1) is 15.8. The van der Waals surface area contributed by atoms with Gasteiger partial charge in [0.05, 0.1) is 28.4 Å². The molecule has 0 saturated carbocycles. The molecule has 1 aliphatic rings. The van der Waals surface area contributed by atoms with Crippen molar-refractivity contribution >= 4 is 33.3 Å². The number of nitrogens with one attached hydrogen (secondary N) is 2. The molecule has 0 spiro atoms. The normalized spacial score (nSPS) is 14.8. The fraction of sp³-hybridized carbons (Fsp3) is 0.0476. The number of halogens is 2. The molecule has 0 saturated heterocycles. The molecule has 3 aromatic rings. The van der Waals surface area contributed by atoms with Gasteiger partial charge in [0.25, 0.3) is 10.0 Å². The Morgan fingerprint density at radius 2 is 1.91 bits per heavy atom. The lowest BCUT2D eigenvalue weighted by atomic mass is 10.1. The fourth-order valence-corrected chi connectivity index (χ4v) is 4.49. The number of aliphatic imine (C=N–C) groups is 1. The predicted molar refractivity (Wildman–Crippen MR) is 117 cm³/mol. The van der Waals surface area contributed by atoms with Gasteiger partial charge in [-0.15, -0.1) is 0 Å². The maximum absolute atomic E-state index is 14.2. The number of sulfonamides is 1. The third kappa shape index (κ3) is 4.28. The van der Waals surface area contributed by atoms with Crippen LogP contribution in [0.4, 0.5) is 10.1 Å². The highest BCUT2D eigenvalue weighted by molar-refractivity contribution is 7.90. The maximum Gasteiger partial charge on any atom is 0.267 e. The summed E-state index contributed by atoms with van der Waals surface area (Å²) in [6.45, 7) is -0.0770. The summed E-state index contributed by atoms with van der Waals surface area (Å²) < 4.78 is 48.0. The number of nitriles is 2. The summed E-state index contributed by atoms with van der Waals surface area (Å²) >= 11 is 6.07. The SMILES string of the molecule is N#Cc1cc(C#N)c2c(c1Oc1ccccc1F)NC(=NCc1ncccc1Cl)NS2(=O)=O. The van der Waals surface area contributed by atoms with Crippen LogP contribution in [0.1, 0.15) is 16.8 Å². The third-order valence-corrected chi connectivity index (χ3v) is 6.25. The van der Waals surface area contributed by atoms with Crippen LogP contribution in [0.2, 0.25) is 5.02 Å². The van der Waals surface area contributed by atoms with Crippen molar-refractivity contribution in [3.63, 3.8) is 0 Å². The van der Waals surface area contributed by atoms with Crippen LogP contribution in [0.3, 0.4) is 0 Å². The summed E-state index contributed by atoms with van der Waals surface area (Å²) in [4.78, 5) is 7.79. The van der Waals surface area contributed by atoms with Crippen LogP contribution in [0.15, 0.2) is 58.5 Å². The van der Waals surface area contributed by atoms with Gasteiger partial charge in [-0.05, 0) is 30.3 Å². The second kappa shape index (κ2) is 8.74. The van der Waals surface area contributed by atoms with Gasteiger partial charge in [-0.2, -0.15) is 10.5 Å². The van der Waals surface area contributed by atoms with Crippen LogP contribution in [0.5, 0.6) is 11.5 Å². The number of guanidine groups is 1. The summed E-state index contributed by atoms with van der Waals surface area (Å²) in [5.41, 5.74) is -0.303. The molecule has 12 heteroatoms. The van der Waals surface area contributed by atoms with E-state index in [1.807, 2.05) is 6.07 Å². The molecule has 2 aromatic carbocycles. The lowest BCUT2D eigenvalue weighted by Gasteiger charge is -2.25. The van der Waals surface area contributed by atoms with Gasteiger partial charge in [-0.1, -0.05) is 23.7 Å². The van der Waals surface area contributed by atoms with E-state index in [4.69, 9.17) is 16.3 Å². The lowest BCUT2D eigenvalue weighted by molar-refractivity contribution is 0.441. The molecule has 0 aliphatic carbocycles. The number of fused-ring (bicyclic) bond motifs is 1. The number of nitrogens with zero attached hydrogens (tertiary/aromatic N) is 4. The fourth-order valence-electron chi connectivity index (χ4n) is 3.03. The largest absolute Gasteiger partial charge is 0.451 e. The summed E-state index contributed by atoms with van der Waals surface area (Å²) in [7, 11) is -4.30. The zero-order chi connectivity index (χ0) is 23.6. The molecule has 1 aromatic heterocycles. The second-order valence-electron chi connectivity index (χ2n) is 6.59. The molecule has 0 bridgehead atoms. The van der Waals surface area contributed by atoms with Crippen molar-refractivity contribution in [2.45, 2.75) is 11.4 Å². The van der Waals surface area contributed by atoms with Crippen molar-refractivity contribution in [3.05, 3.63) is 76.3 Å². The highest BCUT2D eigenvalue weighted by atomic mass is 35.5. The lowest BCUT2D eigenvalue weighted by Crippen LogP contribution is -2.41. The van der Waals surface area contributed by atoms with E-state index in [2.05, 4.69) is 20.0 Å². The smallest absolute Gasteiger partial charge is 0.267 e. The Morgan fingerprint density at radius 3 is 2.61 bits per heavy atom. The molecule has 2 heterocycles. The van der Waals surface area contributed by atoms with Crippen LogP contribution in [0, 0.1) is 28.5 Å². The van der Waals surface area contributed by atoms with Crippen molar-refractivity contribution in [3.8, 4) is 23.6 Å². The number of anilines is 1. The summed E-state index contributed by atoms with van der Waals surface area (Å²) in [6, 6.07) is 13.3. The van der Waals surface area contributed by atoms with Crippen LogP contribution in [-0.2, 0) is 16.6 Å². The molecule has 9 nitrogen and oxygen atoms in total. The quantitative estimate of drug-likeness (QED) is 0.578. The van der Waals surface area contributed by atoms with Crippen LogP contribution in [0.25, 0.3) is 0 Å². The van der Waals surface area contributed by atoms with Crippen molar-refractivity contribution in [2.24, 2.45) is 4.99 Å². The van der Waals surface area contributed by atoms with E-state index in [-0.39, 0.29) is 40.8 Å². The summed E-state index contributed by atoms with van der Waals surface area (Å²) in [6.07, 6.45) is 1.51. The Balaban J connectivity index is 1.86. The molecule has 0 amide bonds. The molecule has 0 unspecified atom stereocenters. The highest BCUT2D eigenvalue weighted by Gasteiger charge is 2.35. The van der Waals surface area contributed by atoms with E-state index in [0.717, 1.165) is 12.1 Å². The number of pyridine rings is 1. The Kier molecular flexibility index (Phi) is 5.84. The number of benzene rings is 2. The Bertz CT molecular complexity index is 1490. The Morgan fingerprint density at radius 1 is 1.15 bits per heavy atom. The molecule has 33 heavy (non-hydrogen) atoms. The second-order valence-corrected chi connectivity index (χ2v) is 8.61. The molecule has 0 atom stereocenters. The van der Waals surface area contributed by atoms with E-state index in [1.54, 1.807) is 18.2 Å². The van der Waals surface area contributed by atoms with E-state index in [0.29, 0.717) is 10.7 Å². The average Bonchev–Trinajstić information content (AvgIpc) is 2.79. The highest BCUT2D eigenvalue weighted by Crippen LogP contribution is 2.42. The van der Waals surface area contributed by atoms with Crippen molar-refractivity contribution < 1.29 is 17.5 Å². The van der Waals surface area contributed by atoms with E-state index < -0.39 is 20.7 Å². The number of aromatic nitrogens is 1. The molecule has 1 aliphatic heterocycles. The van der Waals surface area contributed by atoms with Gasteiger partial charge in [0, 0.05) is 6.20 Å². The molecule has 0 radical (unpaired) electrons. The van der Waals surface area contributed by atoms with Gasteiger partial charge in [-0.3, -0.25) is 4.98 Å². The van der Waals surface area contributed by atoms with Crippen LogP contribution >= 0.6 is 11.6 Å². The van der Waals surface area contributed by atoms with E-state index in [1.165, 1.54) is 24.4 Å². The van der Waals surface area contributed by atoms with Crippen molar-refractivity contribution in [2.75, 3.05) is 5.32 Å². The van der Waals surface area contributed by atoms with Gasteiger partial charge < -0.3 is 10.1 Å². The van der Waals surface area contributed by atoms with E-state index in [9.17, 15) is 23.3 Å². The minimum absolute atomic E-state index is 0.0770. The van der Waals surface area contributed by atoms with Crippen molar-refractivity contribution in [1.82, 2.24) is 9.71 Å². The first kappa shape index (κ1) is 22.0. The standard InChI is InChI=1S/C21H12ClFN6O3S/c22-14-4-3-7-26-16(14)11-27-21-28-18-19(32-17-6-2-1-5-15(17)23)12(9-24)8-13(10-25)20(18)33(30,31)29-21/h1-8H,11H2,(H2,27,28,29). The molecule has 0 fully saturated rings. The first-order valence-corrected chi connectivity index (χ1v) is 11.1.